The van der Waals surface area contributed by atoms with Crippen molar-refractivity contribution in [3.05, 3.63) is 64.7 Å². The topological polar surface area (TPSA) is 85.3 Å². The number of hydrogen-bond donors (Lipinski definition) is 1. The molecule has 1 atom stereocenters. The number of amides is 1. The van der Waals surface area contributed by atoms with Gasteiger partial charge in [0.2, 0.25) is 0 Å². The second-order valence-electron chi connectivity index (χ2n) is 7.89. The van der Waals surface area contributed by atoms with E-state index in [-0.39, 0.29) is 36.2 Å². The van der Waals surface area contributed by atoms with E-state index in [0.717, 1.165) is 11.1 Å². The van der Waals surface area contributed by atoms with Crippen LogP contribution in [-0.4, -0.2) is 55.2 Å². The first kappa shape index (κ1) is 23.3. The monoisotopic (exact) mass is 439 g/mol. The van der Waals surface area contributed by atoms with E-state index in [9.17, 15) is 14.7 Å². The summed E-state index contributed by atoms with van der Waals surface area (Å²) in [4.78, 5) is 27.6. The van der Waals surface area contributed by atoms with Crippen molar-refractivity contribution in [2.75, 3.05) is 27.4 Å². The maximum atomic E-state index is 13.1. The average Bonchev–Trinajstić information content (AvgIpc) is 3.03. The summed E-state index contributed by atoms with van der Waals surface area (Å²) in [5.74, 6) is -0.881. The van der Waals surface area contributed by atoms with E-state index < -0.39 is 17.7 Å². The molecule has 2 aromatic rings. The zero-order valence-electron chi connectivity index (χ0n) is 19.0. The van der Waals surface area contributed by atoms with Gasteiger partial charge in [-0.3, -0.25) is 9.59 Å². The Bertz CT molecular complexity index is 1040. The van der Waals surface area contributed by atoms with Crippen molar-refractivity contribution in [3.8, 4) is 11.5 Å². The Morgan fingerprint density at radius 1 is 1.09 bits per heavy atom. The lowest BCUT2D eigenvalue weighted by molar-refractivity contribution is -0.140. The molecule has 0 bridgehead atoms. The van der Waals surface area contributed by atoms with Gasteiger partial charge < -0.3 is 24.2 Å². The van der Waals surface area contributed by atoms with Gasteiger partial charge in [-0.1, -0.05) is 29.8 Å². The zero-order chi connectivity index (χ0) is 23.4. The molecule has 1 aliphatic rings. The third-order valence-electron chi connectivity index (χ3n) is 5.34. The molecule has 7 heteroatoms. The van der Waals surface area contributed by atoms with Crippen molar-refractivity contribution >= 4 is 17.4 Å². The Morgan fingerprint density at radius 2 is 1.84 bits per heavy atom. The molecule has 1 saturated heterocycles. The Labute approximate surface area is 188 Å². The van der Waals surface area contributed by atoms with Gasteiger partial charge in [0.15, 0.2) is 0 Å². The van der Waals surface area contributed by atoms with Crippen molar-refractivity contribution in [2.24, 2.45) is 0 Å². The molecular formula is C25H29NO6. The number of methoxy groups -OCH3 is 2. The summed E-state index contributed by atoms with van der Waals surface area (Å²) in [5, 5.41) is 11.3. The molecule has 2 aromatic carbocycles. The molecule has 1 N–H and O–H groups in total. The van der Waals surface area contributed by atoms with Gasteiger partial charge in [0, 0.05) is 6.54 Å². The molecule has 1 heterocycles. The predicted octanol–water partition coefficient (Wildman–Crippen LogP) is 3.86. The summed E-state index contributed by atoms with van der Waals surface area (Å²) >= 11 is 0. The van der Waals surface area contributed by atoms with Crippen LogP contribution < -0.4 is 9.47 Å². The van der Waals surface area contributed by atoms with Crippen LogP contribution in [0.25, 0.3) is 5.76 Å². The van der Waals surface area contributed by atoms with E-state index in [2.05, 4.69) is 0 Å². The normalized spacial score (nSPS) is 17.8. The van der Waals surface area contributed by atoms with Crippen LogP contribution in [0.3, 0.4) is 0 Å². The van der Waals surface area contributed by atoms with Gasteiger partial charge in [0.05, 0.1) is 44.1 Å². The van der Waals surface area contributed by atoms with Gasteiger partial charge in [0.25, 0.3) is 11.7 Å². The molecule has 0 aromatic heterocycles. The number of carbonyl (C=O) groups is 2. The van der Waals surface area contributed by atoms with E-state index in [1.54, 1.807) is 18.2 Å². The van der Waals surface area contributed by atoms with E-state index in [4.69, 9.17) is 14.2 Å². The van der Waals surface area contributed by atoms with Gasteiger partial charge in [-0.25, -0.2) is 0 Å². The lowest BCUT2D eigenvalue weighted by atomic mass is 9.94. The standard InChI is InChI=1S/C25H29NO6/c1-15(2)32-12-11-26-22(17-8-6-7-16(3)13-17)21(24(28)25(26)29)23(27)19-14-18(30-4)9-10-20(19)31-5/h6-10,13-15,22,27H,11-12H2,1-5H3/b23-21+. The van der Waals surface area contributed by atoms with E-state index in [1.807, 2.05) is 45.0 Å². The molecule has 0 saturated carbocycles. The zero-order valence-corrected chi connectivity index (χ0v) is 19.0. The third-order valence-corrected chi connectivity index (χ3v) is 5.34. The Kier molecular flexibility index (Phi) is 7.20. The highest BCUT2D eigenvalue weighted by atomic mass is 16.5. The molecule has 0 radical (unpaired) electrons. The third kappa shape index (κ3) is 4.62. The Balaban J connectivity index is 2.17. The second kappa shape index (κ2) is 9.87. The number of ketones is 1. The Hall–Kier alpha value is -3.32. The summed E-state index contributed by atoms with van der Waals surface area (Å²) in [7, 11) is 2.98. The summed E-state index contributed by atoms with van der Waals surface area (Å²) in [5.41, 5.74) is 2.00. The minimum atomic E-state index is -0.749. The van der Waals surface area contributed by atoms with Crippen LogP contribution in [0.2, 0.25) is 0 Å². The van der Waals surface area contributed by atoms with Crippen LogP contribution in [0.1, 0.15) is 36.6 Å². The van der Waals surface area contributed by atoms with Crippen LogP contribution >= 0.6 is 0 Å². The van der Waals surface area contributed by atoms with Gasteiger partial charge in [-0.2, -0.15) is 0 Å². The first-order valence-corrected chi connectivity index (χ1v) is 10.5. The van der Waals surface area contributed by atoms with Crippen LogP contribution in [-0.2, 0) is 14.3 Å². The molecule has 1 amide bonds. The number of aryl methyl sites for hydroxylation is 1. The molecule has 1 fully saturated rings. The summed E-state index contributed by atoms with van der Waals surface area (Å²) in [6, 6.07) is 11.7. The number of hydrogen-bond acceptors (Lipinski definition) is 6. The smallest absolute Gasteiger partial charge is 0.295 e. The lowest BCUT2D eigenvalue weighted by Crippen LogP contribution is -2.33. The Morgan fingerprint density at radius 3 is 2.47 bits per heavy atom. The van der Waals surface area contributed by atoms with Gasteiger partial charge in [-0.15, -0.1) is 0 Å². The summed E-state index contributed by atoms with van der Waals surface area (Å²) in [6.45, 7) is 6.23. The second-order valence-corrected chi connectivity index (χ2v) is 7.89. The highest BCUT2D eigenvalue weighted by Crippen LogP contribution is 2.41. The van der Waals surface area contributed by atoms with Crippen LogP contribution in [0.4, 0.5) is 0 Å². The molecule has 1 unspecified atom stereocenters. The first-order valence-electron chi connectivity index (χ1n) is 10.5. The summed E-state index contributed by atoms with van der Waals surface area (Å²) in [6.07, 6.45) is -0.00899. The highest BCUT2D eigenvalue weighted by Gasteiger charge is 2.46. The fraction of sp³-hybridized carbons (Fsp3) is 0.360. The minimum Gasteiger partial charge on any atom is -0.507 e. The quantitative estimate of drug-likeness (QED) is 0.382. The van der Waals surface area contributed by atoms with Crippen molar-refractivity contribution in [2.45, 2.75) is 32.9 Å². The number of benzene rings is 2. The van der Waals surface area contributed by atoms with E-state index in [0.29, 0.717) is 11.5 Å². The average molecular weight is 440 g/mol. The van der Waals surface area contributed by atoms with Crippen molar-refractivity contribution in [3.63, 3.8) is 0 Å². The first-order chi connectivity index (χ1) is 15.3. The molecule has 7 nitrogen and oxygen atoms in total. The van der Waals surface area contributed by atoms with Crippen LogP contribution in [0.5, 0.6) is 11.5 Å². The number of Topliss-reactive ketones (excluding diaryl/α,β-unsaturated/α-hetero) is 1. The molecule has 0 spiro atoms. The number of ether oxygens (including phenoxy) is 3. The molecule has 0 aliphatic carbocycles. The minimum absolute atomic E-state index is 0.00899. The summed E-state index contributed by atoms with van der Waals surface area (Å²) < 4.78 is 16.3. The number of rotatable bonds is 8. The predicted molar refractivity (Wildman–Crippen MR) is 121 cm³/mol. The lowest BCUT2D eigenvalue weighted by Gasteiger charge is -2.26. The van der Waals surface area contributed by atoms with E-state index >= 15 is 0 Å². The van der Waals surface area contributed by atoms with Crippen molar-refractivity contribution < 1.29 is 28.9 Å². The van der Waals surface area contributed by atoms with Gasteiger partial charge in [-0.05, 0) is 44.5 Å². The van der Waals surface area contributed by atoms with Gasteiger partial charge in [0.1, 0.15) is 17.3 Å². The molecule has 3 rings (SSSR count). The highest BCUT2D eigenvalue weighted by molar-refractivity contribution is 6.46. The number of aliphatic hydroxyl groups excluding tert-OH is 1. The maximum Gasteiger partial charge on any atom is 0.295 e. The van der Waals surface area contributed by atoms with Crippen molar-refractivity contribution in [1.29, 1.82) is 0 Å². The number of carbonyl (C=O) groups excluding carboxylic acids is 2. The number of aliphatic hydroxyl groups is 1. The van der Waals surface area contributed by atoms with Crippen molar-refractivity contribution in [1.82, 2.24) is 4.90 Å². The van der Waals surface area contributed by atoms with Gasteiger partial charge >= 0.3 is 0 Å². The molecule has 1 aliphatic heterocycles. The maximum absolute atomic E-state index is 13.1. The SMILES string of the molecule is COc1ccc(OC)c(/C(O)=C2\C(=O)C(=O)N(CCOC(C)C)C2c2cccc(C)c2)c1. The molecule has 170 valence electrons. The number of nitrogens with zero attached hydrogens (tertiary/aromatic N) is 1. The largest absolute Gasteiger partial charge is 0.507 e. The fourth-order valence-electron chi connectivity index (χ4n) is 3.83. The van der Waals surface area contributed by atoms with E-state index in [1.165, 1.54) is 19.1 Å². The van der Waals surface area contributed by atoms with Crippen LogP contribution in [0.15, 0.2) is 48.0 Å². The fourth-order valence-corrected chi connectivity index (χ4v) is 3.83. The molecule has 32 heavy (non-hydrogen) atoms. The number of likely N-dealkylation sites (tertiary alicyclic amines) is 1. The van der Waals surface area contributed by atoms with Crippen LogP contribution in [0, 0.1) is 6.92 Å². The molecular weight excluding hydrogens is 410 g/mol.